The van der Waals surface area contributed by atoms with Crippen molar-refractivity contribution in [2.24, 2.45) is 0 Å². The van der Waals surface area contributed by atoms with Gasteiger partial charge in [-0.05, 0) is 12.1 Å². The summed E-state index contributed by atoms with van der Waals surface area (Å²) in [6, 6.07) is 8.03. The van der Waals surface area contributed by atoms with Gasteiger partial charge < -0.3 is 5.32 Å². The van der Waals surface area contributed by atoms with Gasteiger partial charge in [0.05, 0.1) is 16.5 Å². The van der Waals surface area contributed by atoms with Crippen LogP contribution < -0.4 is 16.4 Å². The number of H-pyrrole nitrogens is 2. The second-order valence-corrected chi connectivity index (χ2v) is 3.56. The number of nitrogens with zero attached hydrogens (tertiary/aromatic N) is 2. The van der Waals surface area contributed by atoms with Crippen LogP contribution in [0.2, 0.25) is 0 Å². The maximum atomic E-state index is 11.7. The van der Waals surface area contributed by atoms with Crippen LogP contribution in [0, 0.1) is 22.7 Å². The summed E-state index contributed by atoms with van der Waals surface area (Å²) in [5.74, 6) is 0. The standard InChI is InChI=1S/C12H7N5O2/c13-4-7(5-14)6-15-9-3-1-2-8-10(9)12(19)17-16-11(8)18/h1-3,6,15H,(H,16,18)(H,17,19). The summed E-state index contributed by atoms with van der Waals surface area (Å²) in [7, 11) is 0. The molecule has 0 radical (unpaired) electrons. The van der Waals surface area contributed by atoms with Gasteiger partial charge in [0.15, 0.2) is 0 Å². The molecule has 7 nitrogen and oxygen atoms in total. The molecule has 92 valence electrons. The molecule has 7 heteroatoms. The zero-order valence-corrected chi connectivity index (χ0v) is 9.52. The molecule has 0 saturated carbocycles. The second kappa shape index (κ2) is 4.90. The van der Waals surface area contributed by atoms with Gasteiger partial charge in [0.1, 0.15) is 17.7 Å². The Kier molecular flexibility index (Phi) is 3.13. The molecule has 1 aromatic heterocycles. The fourth-order valence-corrected chi connectivity index (χ4v) is 1.59. The quantitative estimate of drug-likeness (QED) is 0.674. The van der Waals surface area contributed by atoms with Crippen molar-refractivity contribution in [1.29, 1.82) is 10.5 Å². The second-order valence-electron chi connectivity index (χ2n) is 3.56. The third-order valence-corrected chi connectivity index (χ3v) is 2.44. The Morgan fingerprint density at radius 1 is 1.16 bits per heavy atom. The minimum Gasteiger partial charge on any atom is -0.359 e. The van der Waals surface area contributed by atoms with Gasteiger partial charge in [0.25, 0.3) is 11.1 Å². The van der Waals surface area contributed by atoms with Crippen LogP contribution in [0.5, 0.6) is 0 Å². The smallest absolute Gasteiger partial charge is 0.272 e. The van der Waals surface area contributed by atoms with Crippen LogP contribution >= 0.6 is 0 Å². The Balaban J connectivity index is 2.64. The Morgan fingerprint density at radius 2 is 1.84 bits per heavy atom. The van der Waals surface area contributed by atoms with Crippen LogP contribution in [-0.2, 0) is 0 Å². The summed E-state index contributed by atoms with van der Waals surface area (Å²) < 4.78 is 0. The maximum absolute atomic E-state index is 11.7. The highest BCUT2D eigenvalue weighted by atomic mass is 16.1. The number of aromatic nitrogens is 2. The molecule has 0 unspecified atom stereocenters. The van der Waals surface area contributed by atoms with E-state index >= 15 is 0 Å². The van der Waals surface area contributed by atoms with E-state index in [9.17, 15) is 9.59 Å². The summed E-state index contributed by atoms with van der Waals surface area (Å²) in [5.41, 5.74) is -0.698. The van der Waals surface area contributed by atoms with Gasteiger partial charge in [-0.3, -0.25) is 19.8 Å². The number of anilines is 1. The van der Waals surface area contributed by atoms with E-state index in [2.05, 4.69) is 15.5 Å². The minimum atomic E-state index is -0.471. The van der Waals surface area contributed by atoms with E-state index in [1.807, 2.05) is 0 Å². The molecule has 3 N–H and O–H groups in total. The van der Waals surface area contributed by atoms with E-state index in [1.165, 1.54) is 12.3 Å². The molecular formula is C12H7N5O2. The first-order valence-corrected chi connectivity index (χ1v) is 5.18. The van der Waals surface area contributed by atoms with Gasteiger partial charge in [-0.25, -0.2) is 0 Å². The molecule has 0 aliphatic heterocycles. The third kappa shape index (κ3) is 2.21. The Labute approximate surface area is 106 Å². The van der Waals surface area contributed by atoms with Crippen molar-refractivity contribution in [2.45, 2.75) is 0 Å². The van der Waals surface area contributed by atoms with Crippen molar-refractivity contribution < 1.29 is 0 Å². The number of benzene rings is 1. The van der Waals surface area contributed by atoms with Crippen LogP contribution in [0.4, 0.5) is 5.69 Å². The molecule has 2 rings (SSSR count). The monoisotopic (exact) mass is 253 g/mol. The Hall–Kier alpha value is -3.32. The van der Waals surface area contributed by atoms with E-state index in [4.69, 9.17) is 10.5 Å². The number of hydrogen-bond donors (Lipinski definition) is 3. The van der Waals surface area contributed by atoms with E-state index in [-0.39, 0.29) is 16.3 Å². The lowest BCUT2D eigenvalue weighted by Crippen LogP contribution is -2.19. The van der Waals surface area contributed by atoms with Gasteiger partial charge in [-0.1, -0.05) is 6.07 Å². The average molecular weight is 253 g/mol. The van der Waals surface area contributed by atoms with Crippen LogP contribution in [-0.4, -0.2) is 10.2 Å². The van der Waals surface area contributed by atoms with E-state index in [1.54, 1.807) is 24.3 Å². The highest BCUT2D eigenvalue weighted by molar-refractivity contribution is 5.92. The zero-order valence-electron chi connectivity index (χ0n) is 9.52. The predicted octanol–water partition coefficient (Wildman–Crippen LogP) is 0.559. The van der Waals surface area contributed by atoms with Gasteiger partial charge in [-0.2, -0.15) is 10.5 Å². The predicted molar refractivity (Wildman–Crippen MR) is 68.1 cm³/mol. The van der Waals surface area contributed by atoms with Crippen molar-refractivity contribution in [1.82, 2.24) is 10.2 Å². The van der Waals surface area contributed by atoms with Crippen LogP contribution in [0.15, 0.2) is 39.6 Å². The molecule has 0 amide bonds. The average Bonchev–Trinajstić information content (AvgIpc) is 2.44. The number of nitrogens with one attached hydrogen (secondary N) is 3. The molecule has 0 bridgehead atoms. The molecule has 0 aliphatic rings. The van der Waals surface area contributed by atoms with Crippen molar-refractivity contribution in [3.8, 4) is 12.1 Å². The van der Waals surface area contributed by atoms with Crippen molar-refractivity contribution in [3.63, 3.8) is 0 Å². The number of allylic oxidation sites excluding steroid dienone is 1. The molecule has 1 aromatic carbocycles. The molecule has 0 aliphatic carbocycles. The lowest BCUT2D eigenvalue weighted by molar-refractivity contribution is 0.977. The van der Waals surface area contributed by atoms with Crippen LogP contribution in [0.3, 0.4) is 0 Å². The van der Waals surface area contributed by atoms with Crippen molar-refractivity contribution in [3.05, 3.63) is 50.7 Å². The SMILES string of the molecule is N#CC(C#N)=CNc1cccc2c(=O)[nH][nH]c(=O)c12. The van der Waals surface area contributed by atoms with Crippen LogP contribution in [0.25, 0.3) is 10.8 Å². The molecule has 0 saturated heterocycles. The largest absolute Gasteiger partial charge is 0.359 e. The number of nitriles is 2. The molecule has 2 aromatic rings. The first-order chi connectivity index (χ1) is 9.17. The number of hydrogen-bond acceptors (Lipinski definition) is 5. The number of aromatic amines is 2. The van der Waals surface area contributed by atoms with Crippen molar-refractivity contribution in [2.75, 3.05) is 5.32 Å². The minimum absolute atomic E-state index is 0.140. The van der Waals surface area contributed by atoms with Crippen LogP contribution in [0.1, 0.15) is 0 Å². The fraction of sp³-hybridized carbons (Fsp3) is 0. The molecule has 0 spiro atoms. The molecule has 1 heterocycles. The number of fused-ring (bicyclic) bond motifs is 1. The normalized spacial score (nSPS) is 9.37. The molecule has 0 fully saturated rings. The first-order valence-electron chi connectivity index (χ1n) is 5.18. The topological polar surface area (TPSA) is 125 Å². The summed E-state index contributed by atoms with van der Waals surface area (Å²) in [4.78, 5) is 23.3. The molecule has 19 heavy (non-hydrogen) atoms. The van der Waals surface area contributed by atoms with Gasteiger partial charge in [0, 0.05) is 6.20 Å². The summed E-state index contributed by atoms with van der Waals surface area (Å²) in [5, 5.41) is 24.7. The van der Waals surface area contributed by atoms with E-state index in [0.717, 1.165) is 0 Å². The fourth-order valence-electron chi connectivity index (χ4n) is 1.59. The summed E-state index contributed by atoms with van der Waals surface area (Å²) in [6.07, 6.45) is 1.18. The van der Waals surface area contributed by atoms with Gasteiger partial charge in [-0.15, -0.1) is 0 Å². The zero-order chi connectivity index (χ0) is 13.8. The Morgan fingerprint density at radius 3 is 2.53 bits per heavy atom. The lowest BCUT2D eigenvalue weighted by atomic mass is 10.1. The van der Waals surface area contributed by atoms with Crippen molar-refractivity contribution >= 4 is 16.5 Å². The first kappa shape index (κ1) is 12.1. The third-order valence-electron chi connectivity index (χ3n) is 2.44. The Bertz CT molecular complexity index is 845. The maximum Gasteiger partial charge on any atom is 0.272 e. The highest BCUT2D eigenvalue weighted by Crippen LogP contribution is 2.16. The highest BCUT2D eigenvalue weighted by Gasteiger charge is 2.07. The molecular weight excluding hydrogens is 246 g/mol. The summed E-state index contributed by atoms with van der Waals surface area (Å²) in [6.45, 7) is 0. The van der Waals surface area contributed by atoms with Gasteiger partial charge in [0.2, 0.25) is 0 Å². The van der Waals surface area contributed by atoms with Gasteiger partial charge >= 0.3 is 0 Å². The van der Waals surface area contributed by atoms with E-state index in [0.29, 0.717) is 5.69 Å². The molecule has 0 atom stereocenters. The van der Waals surface area contributed by atoms with E-state index < -0.39 is 11.1 Å². The number of rotatable bonds is 2. The lowest BCUT2D eigenvalue weighted by Gasteiger charge is -2.04. The summed E-state index contributed by atoms with van der Waals surface area (Å²) >= 11 is 0.